The lowest BCUT2D eigenvalue weighted by Crippen LogP contribution is -2.30. The smallest absolute Gasteiger partial charge is 0.306 e. The van der Waals surface area contributed by atoms with Crippen LogP contribution >= 0.6 is 0 Å². The van der Waals surface area contributed by atoms with Crippen LogP contribution in [0.15, 0.2) is 109 Å². The fourth-order valence-corrected chi connectivity index (χ4v) is 7.24. The molecule has 386 valence electrons. The minimum Gasteiger partial charge on any atom is -0.462 e. The molecule has 0 N–H and O–H groups in total. The summed E-state index contributed by atoms with van der Waals surface area (Å²) in [6, 6.07) is 0. The molecule has 0 rings (SSSR count). The summed E-state index contributed by atoms with van der Waals surface area (Å²) in [6.07, 6.45) is 75.1. The fourth-order valence-electron chi connectivity index (χ4n) is 7.24. The first kappa shape index (κ1) is 64.1. The van der Waals surface area contributed by atoms with E-state index < -0.39 is 6.10 Å². The average Bonchev–Trinajstić information content (AvgIpc) is 3.34. The van der Waals surface area contributed by atoms with Gasteiger partial charge in [0.2, 0.25) is 0 Å². The van der Waals surface area contributed by atoms with E-state index >= 15 is 0 Å². The molecule has 6 heteroatoms. The highest BCUT2D eigenvalue weighted by molar-refractivity contribution is 5.71. The topological polar surface area (TPSA) is 78.9 Å². The second-order valence-electron chi connectivity index (χ2n) is 18.1. The summed E-state index contributed by atoms with van der Waals surface area (Å²) in [4.78, 5) is 38.1. The van der Waals surface area contributed by atoms with Gasteiger partial charge in [-0.05, 0) is 122 Å². The second-order valence-corrected chi connectivity index (χ2v) is 18.1. The van der Waals surface area contributed by atoms with E-state index in [1.165, 1.54) is 109 Å². The lowest BCUT2D eigenvalue weighted by atomic mass is 10.1. The number of rotatable bonds is 49. The third-order valence-corrected chi connectivity index (χ3v) is 11.5. The molecule has 0 aliphatic rings. The van der Waals surface area contributed by atoms with E-state index in [2.05, 4.69) is 130 Å². The minimum absolute atomic E-state index is 0.123. The van der Waals surface area contributed by atoms with Gasteiger partial charge >= 0.3 is 17.9 Å². The van der Waals surface area contributed by atoms with E-state index in [0.717, 1.165) is 83.5 Å². The highest BCUT2D eigenvalue weighted by atomic mass is 16.6. The van der Waals surface area contributed by atoms with Crippen molar-refractivity contribution >= 4 is 17.9 Å². The number of carbonyl (C=O) groups excluding carboxylic acids is 3. The molecule has 0 saturated heterocycles. The third-order valence-electron chi connectivity index (χ3n) is 11.5. The van der Waals surface area contributed by atoms with Crippen molar-refractivity contribution < 1.29 is 28.6 Å². The first-order valence-electron chi connectivity index (χ1n) is 27.9. The maximum atomic E-state index is 12.8. The molecular weight excluding hydrogens is 841 g/mol. The van der Waals surface area contributed by atoms with E-state index in [0.29, 0.717) is 19.3 Å². The number of esters is 3. The molecule has 0 fully saturated rings. The molecule has 0 bridgehead atoms. The van der Waals surface area contributed by atoms with Crippen molar-refractivity contribution in [1.29, 1.82) is 0 Å². The zero-order valence-electron chi connectivity index (χ0n) is 44.1. The van der Waals surface area contributed by atoms with E-state index in [1.807, 2.05) is 0 Å². The zero-order valence-corrected chi connectivity index (χ0v) is 44.1. The largest absolute Gasteiger partial charge is 0.462 e. The summed E-state index contributed by atoms with van der Waals surface area (Å²) >= 11 is 0. The summed E-state index contributed by atoms with van der Waals surface area (Å²) in [5, 5.41) is 0. The SMILES string of the molecule is CCCCC/C=C\C/C=C\C/C=C\C/C=C\CCCC(=O)OCC(COC(=O)CCCCCCC/C=C\CCCCCCCCC)OC(=O)CCC/C=C\C/C=C\C/C=C\C/C=C\CCCCC. The first-order chi connectivity index (χ1) is 33.5. The van der Waals surface area contributed by atoms with Crippen LogP contribution in [-0.4, -0.2) is 37.2 Å². The number of unbranched alkanes of at least 4 members (excludes halogenated alkanes) is 20. The molecule has 0 spiro atoms. The van der Waals surface area contributed by atoms with Gasteiger partial charge in [-0.25, -0.2) is 0 Å². The summed E-state index contributed by atoms with van der Waals surface area (Å²) in [5.41, 5.74) is 0. The van der Waals surface area contributed by atoms with Crippen molar-refractivity contribution in [3.05, 3.63) is 109 Å². The Morgan fingerprint density at radius 1 is 0.294 bits per heavy atom. The van der Waals surface area contributed by atoms with Gasteiger partial charge < -0.3 is 14.2 Å². The Balaban J connectivity index is 4.59. The third kappa shape index (κ3) is 53.0. The van der Waals surface area contributed by atoms with Crippen LogP contribution in [0.2, 0.25) is 0 Å². The molecule has 0 aromatic heterocycles. The van der Waals surface area contributed by atoms with Crippen molar-refractivity contribution in [2.75, 3.05) is 13.2 Å². The summed E-state index contributed by atoms with van der Waals surface area (Å²) in [6.45, 7) is 6.48. The molecule has 0 aromatic rings. The zero-order chi connectivity index (χ0) is 49.3. The monoisotopic (exact) mass is 943 g/mol. The Morgan fingerprint density at radius 3 is 0.926 bits per heavy atom. The number of hydrogen-bond acceptors (Lipinski definition) is 6. The van der Waals surface area contributed by atoms with Crippen molar-refractivity contribution in [3.8, 4) is 0 Å². The predicted octanol–water partition coefficient (Wildman–Crippen LogP) is 18.7. The second kappa shape index (κ2) is 55.7. The highest BCUT2D eigenvalue weighted by Crippen LogP contribution is 2.12. The normalized spacial score (nSPS) is 12.9. The van der Waals surface area contributed by atoms with Crippen LogP contribution in [0, 0.1) is 0 Å². The number of hydrogen-bond donors (Lipinski definition) is 0. The van der Waals surface area contributed by atoms with E-state index in [4.69, 9.17) is 14.2 Å². The van der Waals surface area contributed by atoms with Gasteiger partial charge in [-0.3, -0.25) is 14.4 Å². The minimum atomic E-state index is -0.834. The Kier molecular flexibility index (Phi) is 52.4. The first-order valence-corrected chi connectivity index (χ1v) is 27.9. The number of carbonyl (C=O) groups is 3. The Bertz CT molecular complexity index is 1410. The lowest BCUT2D eigenvalue weighted by Gasteiger charge is -2.18. The molecule has 0 radical (unpaired) electrons. The molecule has 6 nitrogen and oxygen atoms in total. The van der Waals surface area contributed by atoms with Gasteiger partial charge in [-0.15, -0.1) is 0 Å². The van der Waals surface area contributed by atoms with Gasteiger partial charge in [-0.1, -0.05) is 214 Å². The van der Waals surface area contributed by atoms with Crippen molar-refractivity contribution in [1.82, 2.24) is 0 Å². The number of ether oxygens (including phenoxy) is 3. The summed E-state index contributed by atoms with van der Waals surface area (Å²) in [7, 11) is 0. The van der Waals surface area contributed by atoms with Crippen molar-refractivity contribution in [2.24, 2.45) is 0 Å². The van der Waals surface area contributed by atoms with Crippen LogP contribution < -0.4 is 0 Å². The molecule has 1 unspecified atom stereocenters. The Hall–Kier alpha value is -3.93. The van der Waals surface area contributed by atoms with E-state index in [-0.39, 0.29) is 44.0 Å². The van der Waals surface area contributed by atoms with Gasteiger partial charge in [0.1, 0.15) is 13.2 Å². The summed E-state index contributed by atoms with van der Waals surface area (Å²) < 4.78 is 16.7. The molecule has 0 aliphatic carbocycles. The van der Waals surface area contributed by atoms with Crippen LogP contribution in [0.25, 0.3) is 0 Å². The fraction of sp³-hybridized carbons (Fsp3) is 0.661. The standard InChI is InChI=1S/C62H102O6/c1-4-7-10-13-16-19-22-25-28-31-34-37-40-43-46-49-52-55-61(64)67-58-59(57-66-60(63)54-51-48-45-42-39-36-33-30-27-24-21-18-15-12-9-6-3)68-62(65)56-53-50-47-44-41-38-35-32-29-26-23-20-17-14-11-8-5-2/h16-17,19-20,25-26,28-30,33-35,37-38,43-44,46-47,59H,4-15,18,21-24,27,31-32,36,39-42,45,48-58H2,1-3H3/b19-16-,20-17-,28-25-,29-26-,33-30-,37-34-,38-35-,46-43-,47-44-. The highest BCUT2D eigenvalue weighted by Gasteiger charge is 2.19. The van der Waals surface area contributed by atoms with Crippen molar-refractivity contribution in [2.45, 2.75) is 252 Å². The van der Waals surface area contributed by atoms with Crippen LogP contribution in [-0.2, 0) is 28.6 Å². The van der Waals surface area contributed by atoms with Crippen LogP contribution in [0.5, 0.6) is 0 Å². The van der Waals surface area contributed by atoms with Gasteiger partial charge in [0, 0.05) is 19.3 Å². The number of allylic oxidation sites excluding steroid dienone is 18. The van der Waals surface area contributed by atoms with Gasteiger partial charge in [0.05, 0.1) is 0 Å². The molecule has 0 aromatic carbocycles. The molecule has 1 atom stereocenters. The van der Waals surface area contributed by atoms with Gasteiger partial charge in [0.25, 0.3) is 0 Å². The molecule has 68 heavy (non-hydrogen) atoms. The quantitative estimate of drug-likeness (QED) is 0.0262. The maximum absolute atomic E-state index is 12.8. The Morgan fingerprint density at radius 2 is 0.544 bits per heavy atom. The molecule has 0 amide bonds. The van der Waals surface area contributed by atoms with Gasteiger partial charge in [0.15, 0.2) is 6.10 Å². The van der Waals surface area contributed by atoms with Crippen molar-refractivity contribution in [3.63, 3.8) is 0 Å². The predicted molar refractivity (Wildman–Crippen MR) is 293 cm³/mol. The molecule has 0 aliphatic heterocycles. The van der Waals surface area contributed by atoms with Gasteiger partial charge in [-0.2, -0.15) is 0 Å². The van der Waals surface area contributed by atoms with Crippen LogP contribution in [0.4, 0.5) is 0 Å². The van der Waals surface area contributed by atoms with Crippen LogP contribution in [0.3, 0.4) is 0 Å². The van der Waals surface area contributed by atoms with E-state index in [1.54, 1.807) is 0 Å². The average molecular weight is 943 g/mol. The lowest BCUT2D eigenvalue weighted by molar-refractivity contribution is -0.167. The molecule has 0 heterocycles. The summed E-state index contributed by atoms with van der Waals surface area (Å²) in [5.74, 6) is -1.05. The Labute approximate surface area is 419 Å². The maximum Gasteiger partial charge on any atom is 0.306 e. The van der Waals surface area contributed by atoms with E-state index in [9.17, 15) is 14.4 Å². The van der Waals surface area contributed by atoms with Crippen LogP contribution in [0.1, 0.15) is 245 Å². The molecule has 0 saturated carbocycles. The molecular formula is C62H102O6.